The summed E-state index contributed by atoms with van der Waals surface area (Å²) in [6, 6.07) is 13.8. The van der Waals surface area contributed by atoms with Gasteiger partial charge in [-0.3, -0.25) is 14.2 Å². The zero-order valence-corrected chi connectivity index (χ0v) is 18.9. The summed E-state index contributed by atoms with van der Waals surface area (Å²) in [5.74, 6) is 0.686. The highest BCUT2D eigenvalue weighted by atomic mass is 32.1. The molecule has 1 amide bonds. The lowest BCUT2D eigenvalue weighted by Crippen LogP contribution is -2.28. The summed E-state index contributed by atoms with van der Waals surface area (Å²) in [4.78, 5) is 33.7. The van der Waals surface area contributed by atoms with Gasteiger partial charge in [-0.25, -0.2) is 4.98 Å². The van der Waals surface area contributed by atoms with Crippen molar-refractivity contribution in [2.24, 2.45) is 0 Å². The van der Waals surface area contributed by atoms with E-state index >= 15 is 0 Å². The lowest BCUT2D eigenvalue weighted by atomic mass is 10.1. The number of aryl methyl sites for hydroxylation is 2. The zero-order valence-electron chi connectivity index (χ0n) is 17.3. The van der Waals surface area contributed by atoms with Crippen LogP contribution in [0.15, 0.2) is 52.6 Å². The van der Waals surface area contributed by atoms with Gasteiger partial charge in [-0.05, 0) is 42.3 Å². The molecule has 5 rings (SSSR count). The average molecular weight is 450 g/mol. The van der Waals surface area contributed by atoms with Crippen LogP contribution in [0.2, 0.25) is 0 Å². The van der Waals surface area contributed by atoms with Crippen molar-refractivity contribution in [3.05, 3.63) is 84.9 Å². The van der Waals surface area contributed by atoms with Crippen molar-refractivity contribution in [1.29, 1.82) is 0 Å². The highest BCUT2D eigenvalue weighted by Gasteiger charge is 2.25. The van der Waals surface area contributed by atoms with Gasteiger partial charge in [0.1, 0.15) is 10.7 Å². The Morgan fingerprint density at radius 2 is 1.97 bits per heavy atom. The highest BCUT2D eigenvalue weighted by molar-refractivity contribution is 7.20. The Balaban J connectivity index is 1.54. The molecule has 1 aliphatic rings. The molecule has 1 atom stereocenters. The normalized spacial score (nSPS) is 14.7. The molecule has 0 spiro atoms. The first-order chi connectivity index (χ1) is 15.1. The van der Waals surface area contributed by atoms with E-state index in [0.29, 0.717) is 21.6 Å². The molecule has 1 N–H and O–H groups in total. The molecule has 1 aliphatic heterocycles. The molecule has 4 aromatic rings. The Morgan fingerprint density at radius 3 is 2.74 bits per heavy atom. The first kappa shape index (κ1) is 20.2. The van der Waals surface area contributed by atoms with E-state index in [-0.39, 0.29) is 17.5 Å². The molecule has 0 fully saturated rings. The second-order valence-electron chi connectivity index (χ2n) is 7.86. The topological polar surface area (TPSA) is 64.0 Å². The van der Waals surface area contributed by atoms with E-state index in [1.165, 1.54) is 11.3 Å². The van der Waals surface area contributed by atoms with Crippen LogP contribution < -0.4 is 10.9 Å². The van der Waals surface area contributed by atoms with Gasteiger partial charge in [0.2, 0.25) is 0 Å². The van der Waals surface area contributed by atoms with Crippen molar-refractivity contribution < 1.29 is 4.79 Å². The van der Waals surface area contributed by atoms with Crippen LogP contribution in [0, 0.1) is 6.92 Å². The Hall–Kier alpha value is -2.77. The summed E-state index contributed by atoms with van der Waals surface area (Å²) >= 11 is 2.94. The first-order valence-corrected chi connectivity index (χ1v) is 12.2. The second-order valence-corrected chi connectivity index (χ2v) is 9.84. The third kappa shape index (κ3) is 3.72. The molecular weight excluding hydrogens is 426 g/mol. The van der Waals surface area contributed by atoms with Crippen LogP contribution >= 0.6 is 22.7 Å². The molecule has 1 aromatic carbocycles. The molecule has 1 unspecified atom stereocenters. The summed E-state index contributed by atoms with van der Waals surface area (Å²) in [7, 11) is 0. The standard InChI is InChI=1S/C24H23N3O2S2/c1-15-19-23(25-18-12-6-3-7-13-27(18)24(19)29)31-21(15)22(28)26-20(17-11-8-14-30-17)16-9-4-2-5-10-16/h2,4-5,8-11,14,20H,3,6-7,12-13H2,1H3,(H,26,28). The van der Waals surface area contributed by atoms with Gasteiger partial charge in [-0.2, -0.15) is 0 Å². The Bertz CT molecular complexity index is 1290. The van der Waals surface area contributed by atoms with Crippen LogP contribution in [0.4, 0.5) is 0 Å². The van der Waals surface area contributed by atoms with Crippen molar-refractivity contribution in [1.82, 2.24) is 14.9 Å². The van der Waals surface area contributed by atoms with E-state index in [1.807, 2.05) is 59.3 Å². The van der Waals surface area contributed by atoms with Crippen LogP contribution in [0.5, 0.6) is 0 Å². The van der Waals surface area contributed by atoms with Gasteiger partial charge in [0.05, 0.1) is 16.3 Å². The van der Waals surface area contributed by atoms with E-state index in [4.69, 9.17) is 4.98 Å². The van der Waals surface area contributed by atoms with Crippen LogP contribution in [0.1, 0.15) is 56.8 Å². The van der Waals surface area contributed by atoms with Crippen molar-refractivity contribution in [2.45, 2.75) is 45.2 Å². The number of hydrogen-bond acceptors (Lipinski definition) is 5. The lowest BCUT2D eigenvalue weighted by molar-refractivity contribution is 0.0947. The maximum absolute atomic E-state index is 13.4. The minimum absolute atomic E-state index is 0.00688. The number of nitrogens with one attached hydrogen (secondary N) is 1. The Labute approximate surface area is 188 Å². The van der Waals surface area contributed by atoms with Crippen molar-refractivity contribution in [3.8, 4) is 0 Å². The van der Waals surface area contributed by atoms with E-state index in [9.17, 15) is 9.59 Å². The monoisotopic (exact) mass is 449 g/mol. The molecule has 3 aromatic heterocycles. The smallest absolute Gasteiger partial charge is 0.262 e. The quantitative estimate of drug-likeness (QED) is 0.473. The van der Waals surface area contributed by atoms with E-state index in [1.54, 1.807) is 11.3 Å². The summed E-state index contributed by atoms with van der Waals surface area (Å²) < 4.78 is 1.81. The number of aromatic nitrogens is 2. The van der Waals surface area contributed by atoms with Crippen LogP contribution in [-0.2, 0) is 13.0 Å². The number of carbonyl (C=O) groups excluding carboxylic acids is 1. The average Bonchev–Trinajstić information content (AvgIpc) is 3.35. The molecule has 7 heteroatoms. The number of carbonyl (C=O) groups is 1. The fourth-order valence-electron chi connectivity index (χ4n) is 4.24. The van der Waals surface area contributed by atoms with Crippen LogP contribution in [0.3, 0.4) is 0 Å². The van der Waals surface area contributed by atoms with Crippen molar-refractivity contribution in [2.75, 3.05) is 0 Å². The second kappa shape index (κ2) is 8.40. The fraction of sp³-hybridized carbons (Fsp3) is 0.292. The van der Waals surface area contributed by atoms with E-state index in [0.717, 1.165) is 47.5 Å². The maximum atomic E-state index is 13.4. The number of amides is 1. The molecule has 0 saturated heterocycles. The molecule has 4 heterocycles. The first-order valence-electron chi connectivity index (χ1n) is 10.6. The molecule has 0 radical (unpaired) electrons. The van der Waals surface area contributed by atoms with Gasteiger partial charge in [-0.15, -0.1) is 22.7 Å². The predicted molar refractivity (Wildman–Crippen MR) is 126 cm³/mol. The number of benzene rings is 1. The van der Waals surface area contributed by atoms with Gasteiger partial charge < -0.3 is 5.32 Å². The minimum Gasteiger partial charge on any atom is -0.340 e. The summed E-state index contributed by atoms with van der Waals surface area (Å²) in [5, 5.41) is 5.80. The van der Waals surface area contributed by atoms with Gasteiger partial charge in [0.25, 0.3) is 11.5 Å². The minimum atomic E-state index is -0.232. The molecule has 31 heavy (non-hydrogen) atoms. The molecule has 0 bridgehead atoms. The lowest BCUT2D eigenvalue weighted by Gasteiger charge is -2.18. The SMILES string of the molecule is Cc1c(C(=O)NC(c2ccccc2)c2cccs2)sc2nc3n(c(=O)c12)CCCCC3. The fourth-order valence-corrected chi connectivity index (χ4v) is 6.14. The molecule has 158 valence electrons. The Kier molecular flexibility index (Phi) is 5.46. The van der Waals surface area contributed by atoms with Crippen LogP contribution in [0.25, 0.3) is 10.2 Å². The number of hydrogen-bond donors (Lipinski definition) is 1. The summed E-state index contributed by atoms with van der Waals surface area (Å²) in [6.07, 6.45) is 3.98. The third-order valence-corrected chi connectivity index (χ3v) is 7.98. The van der Waals surface area contributed by atoms with Crippen molar-refractivity contribution >= 4 is 38.8 Å². The number of rotatable bonds is 4. The summed E-state index contributed by atoms with van der Waals surface area (Å²) in [6.45, 7) is 2.57. The van der Waals surface area contributed by atoms with E-state index in [2.05, 4.69) is 5.32 Å². The zero-order chi connectivity index (χ0) is 21.4. The third-order valence-electron chi connectivity index (χ3n) is 5.85. The van der Waals surface area contributed by atoms with Crippen LogP contribution in [-0.4, -0.2) is 15.5 Å². The van der Waals surface area contributed by atoms with Gasteiger partial charge in [-0.1, -0.05) is 42.8 Å². The highest BCUT2D eigenvalue weighted by Crippen LogP contribution is 2.31. The largest absolute Gasteiger partial charge is 0.340 e. The molecule has 5 nitrogen and oxygen atoms in total. The van der Waals surface area contributed by atoms with Crippen molar-refractivity contribution in [3.63, 3.8) is 0 Å². The predicted octanol–water partition coefficient (Wildman–Crippen LogP) is 5.07. The molecular formula is C24H23N3O2S2. The maximum Gasteiger partial charge on any atom is 0.262 e. The number of thiophene rings is 2. The number of nitrogens with zero attached hydrogens (tertiary/aromatic N) is 2. The van der Waals surface area contributed by atoms with Gasteiger partial charge in [0.15, 0.2) is 0 Å². The Morgan fingerprint density at radius 1 is 1.13 bits per heavy atom. The van der Waals surface area contributed by atoms with E-state index < -0.39 is 0 Å². The number of fused-ring (bicyclic) bond motifs is 2. The molecule has 0 aliphatic carbocycles. The summed E-state index contributed by atoms with van der Waals surface area (Å²) in [5.41, 5.74) is 1.75. The van der Waals surface area contributed by atoms with Gasteiger partial charge >= 0.3 is 0 Å². The molecule has 0 saturated carbocycles. The van der Waals surface area contributed by atoms with Gasteiger partial charge in [0, 0.05) is 17.8 Å².